The number of benzene rings is 1. The van der Waals surface area contributed by atoms with E-state index in [1.54, 1.807) is 32.0 Å². The molecule has 0 aliphatic carbocycles. The number of rotatable bonds is 3. The van der Waals surface area contributed by atoms with Crippen molar-refractivity contribution in [1.82, 2.24) is 10.6 Å². The Balaban J connectivity index is 1.96. The summed E-state index contributed by atoms with van der Waals surface area (Å²) in [6.07, 6.45) is 1.22. The Kier molecular flexibility index (Phi) is 4.13. The van der Waals surface area contributed by atoms with Crippen molar-refractivity contribution in [1.29, 1.82) is 0 Å². The van der Waals surface area contributed by atoms with E-state index in [0.29, 0.717) is 22.5 Å². The van der Waals surface area contributed by atoms with Gasteiger partial charge < -0.3 is 4.42 Å². The lowest BCUT2D eigenvalue weighted by Crippen LogP contribution is -2.51. The molecule has 9 nitrogen and oxygen atoms in total. The summed E-state index contributed by atoms with van der Waals surface area (Å²) in [6.45, 7) is 3.34. The first-order chi connectivity index (χ1) is 12.3. The fourth-order valence-electron chi connectivity index (χ4n) is 2.59. The van der Waals surface area contributed by atoms with Gasteiger partial charge in [-0.05, 0) is 43.7 Å². The smallest absolute Gasteiger partial charge is 0.328 e. The van der Waals surface area contributed by atoms with E-state index in [9.17, 15) is 24.5 Å². The first kappa shape index (κ1) is 17.1. The average molecular weight is 355 g/mol. The van der Waals surface area contributed by atoms with Gasteiger partial charge in [-0.25, -0.2) is 4.79 Å². The molecular weight excluding hydrogens is 342 g/mol. The van der Waals surface area contributed by atoms with E-state index in [0.717, 1.165) is 0 Å². The summed E-state index contributed by atoms with van der Waals surface area (Å²) in [7, 11) is 0. The number of nitrogens with zero attached hydrogens (tertiary/aromatic N) is 1. The summed E-state index contributed by atoms with van der Waals surface area (Å²) in [5.74, 6) is -0.983. The third kappa shape index (κ3) is 3.09. The van der Waals surface area contributed by atoms with Gasteiger partial charge in [0.25, 0.3) is 17.5 Å². The molecule has 2 aromatic rings. The minimum Gasteiger partial charge on any atom is -0.457 e. The lowest BCUT2D eigenvalue weighted by molar-refractivity contribution is -0.385. The summed E-state index contributed by atoms with van der Waals surface area (Å²) in [5.41, 5.74) is 1.54. The number of carbonyl (C=O) groups excluding carboxylic acids is 3. The maximum atomic E-state index is 11.7. The second-order valence-corrected chi connectivity index (χ2v) is 5.71. The molecule has 0 saturated carbocycles. The van der Waals surface area contributed by atoms with Gasteiger partial charge in [0.05, 0.1) is 4.92 Å². The molecule has 0 radical (unpaired) electrons. The molecule has 132 valence electrons. The van der Waals surface area contributed by atoms with Gasteiger partial charge in [0, 0.05) is 17.2 Å². The van der Waals surface area contributed by atoms with Gasteiger partial charge >= 0.3 is 6.03 Å². The Labute approximate surface area is 146 Å². The van der Waals surface area contributed by atoms with Crippen molar-refractivity contribution >= 4 is 29.6 Å². The molecule has 1 aliphatic rings. The summed E-state index contributed by atoms with van der Waals surface area (Å²) < 4.78 is 5.64. The van der Waals surface area contributed by atoms with Crippen molar-refractivity contribution in [2.24, 2.45) is 0 Å². The van der Waals surface area contributed by atoms with Crippen LogP contribution in [0.4, 0.5) is 10.5 Å². The Bertz CT molecular complexity index is 980. The first-order valence-corrected chi connectivity index (χ1v) is 7.50. The molecule has 9 heteroatoms. The van der Waals surface area contributed by atoms with Crippen LogP contribution in [0.25, 0.3) is 17.4 Å². The number of furan rings is 1. The second kappa shape index (κ2) is 6.28. The van der Waals surface area contributed by atoms with E-state index in [1.807, 2.05) is 10.6 Å². The van der Waals surface area contributed by atoms with Crippen LogP contribution in [0.1, 0.15) is 16.9 Å². The van der Waals surface area contributed by atoms with Crippen LogP contribution in [0.5, 0.6) is 0 Å². The highest BCUT2D eigenvalue weighted by Crippen LogP contribution is 2.31. The van der Waals surface area contributed by atoms with Crippen LogP contribution in [0, 0.1) is 24.0 Å². The highest BCUT2D eigenvalue weighted by Gasteiger charge is 2.28. The Morgan fingerprint density at radius 2 is 1.69 bits per heavy atom. The third-order valence-corrected chi connectivity index (χ3v) is 3.86. The lowest BCUT2D eigenvalue weighted by Gasteiger charge is -2.13. The van der Waals surface area contributed by atoms with Gasteiger partial charge in [-0.3, -0.25) is 30.3 Å². The van der Waals surface area contributed by atoms with Crippen molar-refractivity contribution in [3.8, 4) is 11.3 Å². The summed E-state index contributed by atoms with van der Waals surface area (Å²) >= 11 is 0. The molecule has 1 aromatic carbocycles. The molecule has 2 heterocycles. The van der Waals surface area contributed by atoms with Gasteiger partial charge in [0.15, 0.2) is 0 Å². The molecule has 1 saturated heterocycles. The third-order valence-electron chi connectivity index (χ3n) is 3.86. The van der Waals surface area contributed by atoms with Crippen LogP contribution in [0.15, 0.2) is 34.3 Å². The monoisotopic (exact) mass is 355 g/mol. The van der Waals surface area contributed by atoms with Crippen LogP contribution < -0.4 is 10.6 Å². The number of hydrogen-bond donors (Lipinski definition) is 2. The van der Waals surface area contributed by atoms with Crippen LogP contribution in [0.2, 0.25) is 0 Å². The minimum absolute atomic E-state index is 0.0142. The van der Waals surface area contributed by atoms with Crippen molar-refractivity contribution in [3.63, 3.8) is 0 Å². The number of aryl methyl sites for hydroxylation is 2. The number of nitro benzene ring substituents is 1. The SMILES string of the molecule is Cc1cc([N+](=O)[O-])c(C)cc1-c1ccc(C=C2C(=O)NC(=O)NC2=O)o1. The number of nitrogens with one attached hydrogen (secondary N) is 2. The van der Waals surface area contributed by atoms with Crippen molar-refractivity contribution < 1.29 is 23.7 Å². The maximum absolute atomic E-state index is 11.7. The van der Waals surface area contributed by atoms with Crippen LogP contribution in [-0.4, -0.2) is 22.8 Å². The fourth-order valence-corrected chi connectivity index (χ4v) is 2.59. The zero-order valence-electron chi connectivity index (χ0n) is 13.8. The summed E-state index contributed by atoms with van der Waals surface area (Å²) in [5, 5.41) is 14.9. The largest absolute Gasteiger partial charge is 0.457 e. The molecule has 3 rings (SSSR count). The topological polar surface area (TPSA) is 132 Å². The molecule has 1 aliphatic heterocycles. The van der Waals surface area contributed by atoms with E-state index >= 15 is 0 Å². The maximum Gasteiger partial charge on any atom is 0.328 e. The van der Waals surface area contributed by atoms with Crippen LogP contribution in [0.3, 0.4) is 0 Å². The van der Waals surface area contributed by atoms with Gasteiger partial charge in [-0.1, -0.05) is 0 Å². The molecular formula is C17H13N3O6. The van der Waals surface area contributed by atoms with Crippen molar-refractivity contribution in [2.75, 3.05) is 0 Å². The van der Waals surface area contributed by atoms with Gasteiger partial charge in [-0.2, -0.15) is 0 Å². The summed E-state index contributed by atoms with van der Waals surface area (Å²) in [4.78, 5) is 45.1. The predicted octanol–water partition coefficient (Wildman–Crippen LogP) is 2.22. The number of imide groups is 2. The molecule has 4 amide bonds. The zero-order valence-corrected chi connectivity index (χ0v) is 13.8. The zero-order chi connectivity index (χ0) is 19.0. The van der Waals surface area contributed by atoms with E-state index < -0.39 is 22.8 Å². The molecule has 2 N–H and O–H groups in total. The number of hydrogen-bond acceptors (Lipinski definition) is 6. The first-order valence-electron chi connectivity index (χ1n) is 7.50. The normalized spacial score (nSPS) is 14.1. The van der Waals surface area contributed by atoms with Crippen molar-refractivity contribution in [2.45, 2.75) is 13.8 Å². The Morgan fingerprint density at radius 3 is 2.31 bits per heavy atom. The van der Waals surface area contributed by atoms with E-state index in [2.05, 4.69) is 0 Å². The predicted molar refractivity (Wildman–Crippen MR) is 89.9 cm³/mol. The molecule has 26 heavy (non-hydrogen) atoms. The molecule has 1 aromatic heterocycles. The lowest BCUT2D eigenvalue weighted by atomic mass is 10.0. The molecule has 0 unspecified atom stereocenters. The van der Waals surface area contributed by atoms with Gasteiger partial charge in [0.2, 0.25) is 0 Å². The fraction of sp³-hybridized carbons (Fsp3) is 0.118. The standard InChI is InChI=1S/C17H13N3O6/c1-8-6-13(20(24)25)9(2)5-11(8)14-4-3-10(26-14)7-12-15(21)18-17(23)19-16(12)22/h3-7H,1-2H3,(H2,18,19,21,22,23). The van der Waals surface area contributed by atoms with E-state index in [4.69, 9.17) is 4.42 Å². The molecule has 0 bridgehead atoms. The second-order valence-electron chi connectivity index (χ2n) is 5.71. The number of amides is 4. The molecule has 0 spiro atoms. The number of nitro groups is 1. The quantitative estimate of drug-likeness (QED) is 0.375. The van der Waals surface area contributed by atoms with Gasteiger partial charge in [-0.15, -0.1) is 0 Å². The van der Waals surface area contributed by atoms with E-state index in [1.165, 1.54) is 12.1 Å². The highest BCUT2D eigenvalue weighted by molar-refractivity contribution is 6.31. The number of carbonyl (C=O) groups is 3. The number of urea groups is 1. The molecule has 1 fully saturated rings. The minimum atomic E-state index is -0.880. The average Bonchev–Trinajstić information content (AvgIpc) is 3.01. The van der Waals surface area contributed by atoms with Crippen LogP contribution >= 0.6 is 0 Å². The van der Waals surface area contributed by atoms with Crippen molar-refractivity contribution in [3.05, 3.63) is 56.8 Å². The van der Waals surface area contributed by atoms with Crippen LogP contribution in [-0.2, 0) is 9.59 Å². The highest BCUT2D eigenvalue weighted by atomic mass is 16.6. The summed E-state index contributed by atoms with van der Waals surface area (Å²) in [6, 6.07) is 5.40. The Morgan fingerprint density at radius 1 is 1.04 bits per heavy atom. The van der Waals surface area contributed by atoms with E-state index in [-0.39, 0.29) is 17.0 Å². The Hall–Kier alpha value is -3.75. The molecule has 0 atom stereocenters. The van der Waals surface area contributed by atoms with Gasteiger partial charge in [0.1, 0.15) is 17.1 Å². The number of barbiturate groups is 1.